The first-order valence-electron chi connectivity index (χ1n) is 6.54. The number of aliphatic hydroxyl groups is 1. The fraction of sp³-hybridized carbons (Fsp3) is 0.312. The Morgan fingerprint density at radius 2 is 2.00 bits per heavy atom. The molecule has 2 aromatic rings. The fourth-order valence-corrected chi connectivity index (χ4v) is 2.09. The smallest absolute Gasteiger partial charge is 0.122 e. The number of nitrogens with zero attached hydrogens (tertiary/aromatic N) is 1. The Labute approximate surface area is 119 Å². The van der Waals surface area contributed by atoms with Crippen LogP contribution in [-0.4, -0.2) is 24.3 Å². The van der Waals surface area contributed by atoms with Crippen LogP contribution in [0.1, 0.15) is 23.8 Å². The molecule has 1 heterocycles. The van der Waals surface area contributed by atoms with Crippen molar-refractivity contribution in [2.45, 2.75) is 18.9 Å². The average Bonchev–Trinajstić information content (AvgIpc) is 2.53. The summed E-state index contributed by atoms with van der Waals surface area (Å²) >= 11 is 0. The van der Waals surface area contributed by atoms with Crippen LogP contribution < -0.4 is 9.47 Å². The zero-order chi connectivity index (χ0) is 14.4. The lowest BCUT2D eigenvalue weighted by Gasteiger charge is -2.13. The summed E-state index contributed by atoms with van der Waals surface area (Å²) in [4.78, 5) is 4.16. The molecule has 1 N–H and O–H groups in total. The minimum Gasteiger partial charge on any atom is -0.497 e. The molecule has 0 fully saturated rings. The van der Waals surface area contributed by atoms with Crippen molar-refractivity contribution in [2.24, 2.45) is 0 Å². The van der Waals surface area contributed by atoms with Gasteiger partial charge in [0.05, 0.1) is 26.0 Å². The first-order chi connectivity index (χ1) is 9.74. The number of aryl methyl sites for hydroxylation is 1. The van der Waals surface area contributed by atoms with Crippen LogP contribution in [0.25, 0.3) is 0 Å². The van der Waals surface area contributed by atoms with Crippen LogP contribution in [0.5, 0.6) is 11.5 Å². The van der Waals surface area contributed by atoms with E-state index in [1.807, 2.05) is 36.4 Å². The highest BCUT2D eigenvalue weighted by Gasteiger charge is 2.11. The summed E-state index contributed by atoms with van der Waals surface area (Å²) in [6, 6.07) is 11.2. The third-order valence-electron chi connectivity index (χ3n) is 3.20. The molecule has 1 aromatic carbocycles. The quantitative estimate of drug-likeness (QED) is 0.879. The van der Waals surface area contributed by atoms with Crippen molar-refractivity contribution < 1.29 is 14.6 Å². The molecule has 4 heteroatoms. The molecule has 0 unspecified atom stereocenters. The number of aromatic nitrogens is 1. The molecular weight excluding hydrogens is 254 g/mol. The molecule has 0 saturated carbocycles. The Morgan fingerprint density at radius 3 is 2.65 bits per heavy atom. The van der Waals surface area contributed by atoms with Gasteiger partial charge in [-0.05, 0) is 48.7 Å². The zero-order valence-corrected chi connectivity index (χ0v) is 11.7. The maximum absolute atomic E-state index is 10.1. The number of methoxy groups -OCH3 is 2. The summed E-state index contributed by atoms with van der Waals surface area (Å²) in [6.07, 6.45) is 2.38. The second kappa shape index (κ2) is 6.91. The second-order valence-corrected chi connectivity index (χ2v) is 4.49. The normalized spacial score (nSPS) is 11.9. The molecule has 2 rings (SSSR count). The molecule has 0 spiro atoms. The van der Waals surface area contributed by atoms with E-state index in [1.165, 1.54) is 0 Å². The van der Waals surface area contributed by atoms with Gasteiger partial charge in [0.25, 0.3) is 0 Å². The summed E-state index contributed by atoms with van der Waals surface area (Å²) < 4.78 is 10.5. The third kappa shape index (κ3) is 3.48. The zero-order valence-electron chi connectivity index (χ0n) is 11.7. The molecule has 1 atom stereocenters. The lowest BCUT2D eigenvalue weighted by molar-refractivity contribution is 0.163. The van der Waals surface area contributed by atoms with E-state index in [-0.39, 0.29) is 0 Å². The molecule has 106 valence electrons. The van der Waals surface area contributed by atoms with E-state index >= 15 is 0 Å². The molecule has 20 heavy (non-hydrogen) atoms. The monoisotopic (exact) mass is 273 g/mol. The van der Waals surface area contributed by atoms with Gasteiger partial charge >= 0.3 is 0 Å². The SMILES string of the molecule is COc1ccc(OC)c(CC[C@H](O)c2ccccn2)c1. The minimum atomic E-state index is -0.577. The summed E-state index contributed by atoms with van der Waals surface area (Å²) in [5.74, 6) is 1.59. The Balaban J connectivity index is 2.06. The van der Waals surface area contributed by atoms with Crippen molar-refractivity contribution >= 4 is 0 Å². The highest BCUT2D eigenvalue weighted by Crippen LogP contribution is 2.27. The summed E-state index contributed by atoms with van der Waals surface area (Å²) in [5.41, 5.74) is 1.70. The van der Waals surface area contributed by atoms with Crippen molar-refractivity contribution in [1.29, 1.82) is 0 Å². The van der Waals surface area contributed by atoms with Gasteiger partial charge in [-0.25, -0.2) is 0 Å². The molecule has 0 radical (unpaired) electrons. The number of benzene rings is 1. The molecule has 0 amide bonds. The van der Waals surface area contributed by atoms with Gasteiger partial charge in [0.1, 0.15) is 11.5 Å². The van der Waals surface area contributed by atoms with Gasteiger partial charge in [0, 0.05) is 6.20 Å². The topological polar surface area (TPSA) is 51.6 Å². The van der Waals surface area contributed by atoms with Crippen LogP contribution in [-0.2, 0) is 6.42 Å². The van der Waals surface area contributed by atoms with Gasteiger partial charge in [-0.2, -0.15) is 0 Å². The first-order valence-corrected chi connectivity index (χ1v) is 6.54. The molecule has 1 aromatic heterocycles. The maximum Gasteiger partial charge on any atom is 0.122 e. The van der Waals surface area contributed by atoms with Gasteiger partial charge in [-0.3, -0.25) is 4.98 Å². The van der Waals surface area contributed by atoms with Gasteiger partial charge in [-0.15, -0.1) is 0 Å². The van der Waals surface area contributed by atoms with Crippen LogP contribution in [0.4, 0.5) is 0 Å². The van der Waals surface area contributed by atoms with Crippen LogP contribution >= 0.6 is 0 Å². The van der Waals surface area contributed by atoms with Gasteiger partial charge in [0.2, 0.25) is 0 Å². The minimum absolute atomic E-state index is 0.577. The lowest BCUT2D eigenvalue weighted by atomic mass is 10.0. The highest BCUT2D eigenvalue weighted by molar-refractivity contribution is 5.40. The Bertz CT molecular complexity index is 543. The maximum atomic E-state index is 10.1. The Morgan fingerprint density at radius 1 is 1.15 bits per heavy atom. The molecule has 0 bridgehead atoms. The Hall–Kier alpha value is -2.07. The first kappa shape index (κ1) is 14.3. The summed E-state index contributed by atoms with van der Waals surface area (Å²) in [5, 5.41) is 10.1. The van der Waals surface area contributed by atoms with Crippen molar-refractivity contribution in [3.05, 3.63) is 53.9 Å². The van der Waals surface area contributed by atoms with Crippen molar-refractivity contribution in [2.75, 3.05) is 14.2 Å². The average molecular weight is 273 g/mol. The number of hydrogen-bond donors (Lipinski definition) is 1. The summed E-state index contributed by atoms with van der Waals surface area (Å²) in [7, 11) is 3.27. The van der Waals surface area contributed by atoms with Gasteiger partial charge in [-0.1, -0.05) is 6.07 Å². The van der Waals surface area contributed by atoms with Crippen LogP contribution in [0.3, 0.4) is 0 Å². The Kier molecular flexibility index (Phi) is 4.96. The van der Waals surface area contributed by atoms with Gasteiger partial charge in [0.15, 0.2) is 0 Å². The predicted octanol–water partition coefficient (Wildman–Crippen LogP) is 2.77. The molecule has 0 aliphatic heterocycles. The molecule has 4 nitrogen and oxygen atoms in total. The molecular formula is C16H19NO3. The van der Waals surface area contributed by atoms with E-state index in [0.717, 1.165) is 17.1 Å². The van der Waals surface area contributed by atoms with Crippen LogP contribution in [0.2, 0.25) is 0 Å². The van der Waals surface area contributed by atoms with E-state index in [2.05, 4.69) is 4.98 Å². The standard InChI is InChI=1S/C16H19NO3/c1-19-13-7-9-16(20-2)12(11-13)6-8-15(18)14-5-3-4-10-17-14/h3-5,7,9-11,15,18H,6,8H2,1-2H3/t15-/m0/s1. The van der Waals surface area contributed by atoms with E-state index in [9.17, 15) is 5.11 Å². The van der Waals surface area contributed by atoms with E-state index in [4.69, 9.17) is 9.47 Å². The van der Waals surface area contributed by atoms with Crippen molar-refractivity contribution in [3.63, 3.8) is 0 Å². The summed E-state index contributed by atoms with van der Waals surface area (Å²) in [6.45, 7) is 0. The number of rotatable bonds is 6. The van der Waals surface area contributed by atoms with Gasteiger partial charge < -0.3 is 14.6 Å². The highest BCUT2D eigenvalue weighted by atomic mass is 16.5. The number of hydrogen-bond acceptors (Lipinski definition) is 4. The predicted molar refractivity (Wildman–Crippen MR) is 77.1 cm³/mol. The van der Waals surface area contributed by atoms with Crippen LogP contribution in [0.15, 0.2) is 42.6 Å². The molecule has 0 aliphatic rings. The van der Waals surface area contributed by atoms with E-state index < -0.39 is 6.10 Å². The second-order valence-electron chi connectivity index (χ2n) is 4.49. The number of aliphatic hydroxyl groups excluding tert-OH is 1. The lowest BCUT2D eigenvalue weighted by Crippen LogP contribution is -2.03. The third-order valence-corrected chi connectivity index (χ3v) is 3.20. The van der Waals surface area contributed by atoms with E-state index in [1.54, 1.807) is 20.4 Å². The number of ether oxygens (including phenoxy) is 2. The van der Waals surface area contributed by atoms with Crippen molar-refractivity contribution in [1.82, 2.24) is 4.98 Å². The fourth-order valence-electron chi connectivity index (χ4n) is 2.09. The van der Waals surface area contributed by atoms with E-state index in [0.29, 0.717) is 18.5 Å². The van der Waals surface area contributed by atoms with Crippen molar-refractivity contribution in [3.8, 4) is 11.5 Å². The number of pyridine rings is 1. The molecule has 0 aliphatic carbocycles. The van der Waals surface area contributed by atoms with Crippen LogP contribution in [0, 0.1) is 0 Å². The molecule has 0 saturated heterocycles. The largest absolute Gasteiger partial charge is 0.497 e.